The van der Waals surface area contributed by atoms with Crippen molar-refractivity contribution in [2.75, 3.05) is 0 Å². The molecular weight excluding hydrogens is 254 g/mol. The number of rotatable bonds is 6. The van der Waals surface area contributed by atoms with E-state index in [1.165, 1.54) is 11.6 Å². The molecule has 0 heterocycles. The first-order valence-electron chi connectivity index (χ1n) is 6.75. The van der Waals surface area contributed by atoms with E-state index in [0.717, 1.165) is 5.56 Å². The van der Waals surface area contributed by atoms with Gasteiger partial charge in [0, 0.05) is 6.08 Å². The van der Waals surface area contributed by atoms with Crippen LogP contribution in [0.5, 0.6) is 0 Å². The van der Waals surface area contributed by atoms with Gasteiger partial charge in [0.1, 0.15) is 6.04 Å². The summed E-state index contributed by atoms with van der Waals surface area (Å²) in [6.07, 6.45) is 3.39. The average molecular weight is 275 g/mol. The van der Waals surface area contributed by atoms with Crippen LogP contribution in [0.2, 0.25) is 0 Å². The monoisotopic (exact) mass is 275 g/mol. The van der Waals surface area contributed by atoms with Gasteiger partial charge >= 0.3 is 5.97 Å². The van der Waals surface area contributed by atoms with Crippen LogP contribution >= 0.6 is 0 Å². The van der Waals surface area contributed by atoms with Crippen molar-refractivity contribution in [3.63, 3.8) is 0 Å². The lowest BCUT2D eigenvalue weighted by Gasteiger charge is -2.09. The number of benzene rings is 1. The molecule has 4 heteroatoms. The summed E-state index contributed by atoms with van der Waals surface area (Å²) in [7, 11) is 0. The topological polar surface area (TPSA) is 66.4 Å². The Morgan fingerprint density at radius 3 is 2.30 bits per heavy atom. The van der Waals surface area contributed by atoms with Crippen molar-refractivity contribution < 1.29 is 14.7 Å². The molecular formula is C16H21NO3. The first-order valence-corrected chi connectivity index (χ1v) is 6.75. The Kier molecular flexibility index (Phi) is 5.97. The van der Waals surface area contributed by atoms with E-state index in [1.807, 2.05) is 24.3 Å². The molecule has 1 aromatic rings. The lowest BCUT2D eigenvalue weighted by molar-refractivity contribution is -0.141. The van der Waals surface area contributed by atoms with Crippen molar-refractivity contribution in [2.45, 2.75) is 39.2 Å². The Hall–Kier alpha value is -2.10. The average Bonchev–Trinajstić information content (AvgIpc) is 2.42. The molecule has 0 bridgehead atoms. The summed E-state index contributed by atoms with van der Waals surface area (Å²) >= 11 is 0. The number of amides is 1. The van der Waals surface area contributed by atoms with Crippen molar-refractivity contribution in [1.29, 1.82) is 0 Å². The molecule has 108 valence electrons. The quantitative estimate of drug-likeness (QED) is 0.784. The second kappa shape index (κ2) is 7.48. The summed E-state index contributed by atoms with van der Waals surface area (Å²) in [6.45, 7) is 5.96. The van der Waals surface area contributed by atoms with Gasteiger partial charge in [0.15, 0.2) is 0 Å². The molecule has 0 aliphatic carbocycles. The maximum atomic E-state index is 11.6. The van der Waals surface area contributed by atoms with E-state index in [4.69, 9.17) is 5.11 Å². The Bertz CT molecular complexity index is 489. The number of nitrogens with one attached hydrogen (secondary N) is 1. The molecule has 1 rings (SSSR count). The molecule has 1 atom stereocenters. The maximum absolute atomic E-state index is 11.6. The molecule has 0 aromatic heterocycles. The number of carbonyl (C=O) groups is 2. The van der Waals surface area contributed by atoms with Crippen LogP contribution in [-0.4, -0.2) is 23.0 Å². The molecule has 4 nitrogen and oxygen atoms in total. The normalized spacial score (nSPS) is 12.6. The predicted molar refractivity (Wildman–Crippen MR) is 79.4 cm³/mol. The molecule has 0 unspecified atom stereocenters. The number of carboxylic acid groups (broad SMARTS) is 1. The van der Waals surface area contributed by atoms with Crippen LogP contribution in [0.15, 0.2) is 30.3 Å². The Labute approximate surface area is 119 Å². The molecule has 0 radical (unpaired) electrons. The minimum atomic E-state index is -1.02. The molecule has 1 amide bonds. The van der Waals surface area contributed by atoms with Gasteiger partial charge in [0.2, 0.25) is 5.91 Å². The second-order valence-corrected chi connectivity index (χ2v) is 4.96. The number of hydrogen-bond acceptors (Lipinski definition) is 2. The fourth-order valence-corrected chi connectivity index (χ4v) is 1.72. The molecule has 0 saturated carbocycles. The van der Waals surface area contributed by atoms with Crippen molar-refractivity contribution >= 4 is 18.0 Å². The third kappa shape index (κ3) is 4.88. The Morgan fingerprint density at radius 2 is 1.85 bits per heavy atom. The molecule has 1 aromatic carbocycles. The zero-order chi connectivity index (χ0) is 15.1. The van der Waals surface area contributed by atoms with Crippen molar-refractivity contribution in [1.82, 2.24) is 5.32 Å². The molecule has 20 heavy (non-hydrogen) atoms. The highest BCUT2D eigenvalue weighted by molar-refractivity contribution is 5.94. The maximum Gasteiger partial charge on any atom is 0.326 e. The van der Waals surface area contributed by atoms with E-state index in [-0.39, 0.29) is 0 Å². The fraction of sp³-hybridized carbons (Fsp3) is 0.375. The van der Waals surface area contributed by atoms with E-state index in [2.05, 4.69) is 19.2 Å². The zero-order valence-corrected chi connectivity index (χ0v) is 12.1. The van der Waals surface area contributed by atoms with Crippen LogP contribution in [0.1, 0.15) is 44.2 Å². The summed E-state index contributed by atoms with van der Waals surface area (Å²) < 4.78 is 0. The van der Waals surface area contributed by atoms with Gasteiger partial charge in [-0.25, -0.2) is 4.79 Å². The van der Waals surface area contributed by atoms with Gasteiger partial charge in [0.05, 0.1) is 0 Å². The lowest BCUT2D eigenvalue weighted by atomic mass is 10.0. The van der Waals surface area contributed by atoms with Crippen molar-refractivity contribution in [3.05, 3.63) is 41.5 Å². The van der Waals surface area contributed by atoms with Crippen LogP contribution in [0, 0.1) is 0 Å². The largest absolute Gasteiger partial charge is 0.480 e. The highest BCUT2D eigenvalue weighted by Crippen LogP contribution is 2.15. The van der Waals surface area contributed by atoms with Crippen molar-refractivity contribution in [2.24, 2.45) is 0 Å². The third-order valence-electron chi connectivity index (χ3n) is 3.05. The van der Waals surface area contributed by atoms with Gasteiger partial charge < -0.3 is 10.4 Å². The van der Waals surface area contributed by atoms with Crippen LogP contribution < -0.4 is 5.32 Å². The molecule has 0 aliphatic heterocycles. The van der Waals surface area contributed by atoms with E-state index in [1.54, 1.807) is 13.0 Å². The zero-order valence-electron chi connectivity index (χ0n) is 12.1. The summed E-state index contributed by atoms with van der Waals surface area (Å²) in [6, 6.07) is 7.08. The SMILES string of the molecule is CC[C@@H](NC(=O)C=Cc1ccc(C(C)C)cc1)C(=O)O. The number of carbonyl (C=O) groups excluding carboxylic acids is 1. The highest BCUT2D eigenvalue weighted by Gasteiger charge is 2.15. The smallest absolute Gasteiger partial charge is 0.326 e. The third-order valence-corrected chi connectivity index (χ3v) is 3.05. The van der Waals surface area contributed by atoms with Gasteiger partial charge in [-0.05, 0) is 29.5 Å². The fourth-order valence-electron chi connectivity index (χ4n) is 1.72. The summed E-state index contributed by atoms with van der Waals surface area (Å²) in [5, 5.41) is 11.3. The molecule has 0 spiro atoms. The standard InChI is InChI=1S/C16H21NO3/c1-4-14(16(19)20)17-15(18)10-7-12-5-8-13(9-6-12)11(2)3/h5-11,14H,4H2,1-3H3,(H,17,18)(H,19,20)/t14-/m1/s1. The first-order chi connectivity index (χ1) is 9.43. The summed E-state index contributed by atoms with van der Waals surface area (Å²) in [5.41, 5.74) is 2.15. The van der Waals surface area contributed by atoms with E-state index in [9.17, 15) is 9.59 Å². The Morgan fingerprint density at radius 1 is 1.25 bits per heavy atom. The molecule has 0 saturated heterocycles. The van der Waals surface area contributed by atoms with Gasteiger partial charge in [-0.3, -0.25) is 4.79 Å². The number of hydrogen-bond donors (Lipinski definition) is 2. The minimum absolute atomic E-state index is 0.359. The molecule has 2 N–H and O–H groups in total. The molecule has 0 aliphatic rings. The van der Waals surface area contributed by atoms with E-state index >= 15 is 0 Å². The summed E-state index contributed by atoms with van der Waals surface area (Å²) in [5.74, 6) is -0.945. The predicted octanol–water partition coefficient (Wildman–Crippen LogP) is 2.80. The van der Waals surface area contributed by atoms with Gasteiger partial charge in [-0.1, -0.05) is 45.0 Å². The Balaban J connectivity index is 2.63. The van der Waals surface area contributed by atoms with Gasteiger partial charge in [-0.15, -0.1) is 0 Å². The van der Waals surface area contributed by atoms with Crippen molar-refractivity contribution in [3.8, 4) is 0 Å². The van der Waals surface area contributed by atoms with E-state index < -0.39 is 17.9 Å². The summed E-state index contributed by atoms with van der Waals surface area (Å²) in [4.78, 5) is 22.4. The van der Waals surface area contributed by atoms with Crippen LogP contribution in [0.4, 0.5) is 0 Å². The molecule has 0 fully saturated rings. The minimum Gasteiger partial charge on any atom is -0.480 e. The van der Waals surface area contributed by atoms with Crippen LogP contribution in [0.3, 0.4) is 0 Å². The second-order valence-electron chi connectivity index (χ2n) is 4.96. The lowest BCUT2D eigenvalue weighted by Crippen LogP contribution is -2.39. The van der Waals surface area contributed by atoms with Crippen LogP contribution in [0.25, 0.3) is 6.08 Å². The highest BCUT2D eigenvalue weighted by atomic mass is 16.4. The number of carboxylic acids is 1. The van der Waals surface area contributed by atoms with Crippen LogP contribution in [-0.2, 0) is 9.59 Å². The van der Waals surface area contributed by atoms with Gasteiger partial charge in [-0.2, -0.15) is 0 Å². The number of aliphatic carboxylic acids is 1. The van der Waals surface area contributed by atoms with E-state index in [0.29, 0.717) is 12.3 Å². The first kappa shape index (κ1) is 16.0. The van der Waals surface area contributed by atoms with Gasteiger partial charge in [0.25, 0.3) is 0 Å².